The van der Waals surface area contributed by atoms with E-state index in [1.54, 1.807) is 6.92 Å². The van der Waals surface area contributed by atoms with E-state index in [0.717, 1.165) is 0 Å². The number of amides is 1. The fraction of sp³-hybridized carbons (Fsp3) is 0.200. The van der Waals surface area contributed by atoms with Gasteiger partial charge in [-0.3, -0.25) is 10.1 Å². The zero-order valence-corrected chi connectivity index (χ0v) is 8.62. The van der Waals surface area contributed by atoms with Crippen LogP contribution in [0.25, 0.3) is 0 Å². The van der Waals surface area contributed by atoms with Gasteiger partial charge in [0.2, 0.25) is 0 Å². The van der Waals surface area contributed by atoms with Gasteiger partial charge in [-0.25, -0.2) is 4.79 Å². The fourth-order valence-corrected chi connectivity index (χ4v) is 0.970. The number of ether oxygens (including phenoxy) is 1. The summed E-state index contributed by atoms with van der Waals surface area (Å²) in [4.78, 5) is 24.2. The number of non-ortho nitro benzene ring substituents is 1. The summed E-state index contributed by atoms with van der Waals surface area (Å²) < 4.78 is 4.58. The first-order valence-corrected chi connectivity index (χ1v) is 4.58. The van der Waals surface area contributed by atoms with E-state index in [2.05, 4.69) is 9.73 Å². The first-order chi connectivity index (χ1) is 7.63. The number of aliphatic imine (C=N–C) groups is 1. The first-order valence-electron chi connectivity index (χ1n) is 4.58. The van der Waals surface area contributed by atoms with E-state index in [4.69, 9.17) is 0 Å². The molecule has 0 aliphatic rings. The SMILES string of the molecule is CCOC(=O)N=Cc1ccc([N+](=O)[O-])cc1. The quantitative estimate of drug-likeness (QED) is 0.445. The molecule has 0 fully saturated rings. The Morgan fingerprint density at radius 1 is 1.50 bits per heavy atom. The van der Waals surface area contributed by atoms with E-state index in [1.807, 2.05) is 0 Å². The molecule has 0 radical (unpaired) electrons. The Labute approximate surface area is 91.7 Å². The van der Waals surface area contributed by atoms with Crippen LogP contribution >= 0.6 is 0 Å². The fourth-order valence-electron chi connectivity index (χ4n) is 0.970. The molecule has 0 heterocycles. The Kier molecular flexibility index (Phi) is 4.14. The summed E-state index contributed by atoms with van der Waals surface area (Å²) in [5.41, 5.74) is 0.590. The zero-order chi connectivity index (χ0) is 12.0. The lowest BCUT2D eigenvalue weighted by atomic mass is 10.2. The number of carbonyl (C=O) groups is 1. The molecule has 1 rings (SSSR count). The summed E-state index contributed by atoms with van der Waals surface area (Å²) >= 11 is 0. The van der Waals surface area contributed by atoms with Gasteiger partial charge in [0.25, 0.3) is 5.69 Å². The molecule has 0 aliphatic carbocycles. The number of hydrogen-bond donors (Lipinski definition) is 0. The third-order valence-electron chi connectivity index (χ3n) is 1.69. The maximum absolute atomic E-state index is 10.9. The zero-order valence-electron chi connectivity index (χ0n) is 8.62. The summed E-state index contributed by atoms with van der Waals surface area (Å²) in [5, 5.41) is 10.4. The van der Waals surface area contributed by atoms with Crippen LogP contribution in [0.3, 0.4) is 0 Å². The minimum Gasteiger partial charge on any atom is -0.448 e. The molecule has 84 valence electrons. The van der Waals surface area contributed by atoms with Crippen molar-refractivity contribution in [1.82, 2.24) is 0 Å². The second kappa shape index (κ2) is 5.59. The molecular weight excluding hydrogens is 212 g/mol. The lowest BCUT2D eigenvalue weighted by molar-refractivity contribution is -0.384. The predicted molar refractivity (Wildman–Crippen MR) is 57.7 cm³/mol. The Morgan fingerprint density at radius 3 is 2.62 bits per heavy atom. The Bertz CT molecular complexity index is 411. The van der Waals surface area contributed by atoms with Crippen LogP contribution in [0.15, 0.2) is 29.3 Å². The second-order valence-electron chi connectivity index (χ2n) is 2.81. The Balaban J connectivity index is 2.68. The highest BCUT2D eigenvalue weighted by Crippen LogP contribution is 2.10. The summed E-state index contributed by atoms with van der Waals surface area (Å²) in [6, 6.07) is 5.68. The normalized spacial score (nSPS) is 10.3. The smallest absolute Gasteiger partial charge is 0.433 e. The van der Waals surface area contributed by atoms with Gasteiger partial charge >= 0.3 is 6.09 Å². The van der Waals surface area contributed by atoms with Crippen LogP contribution in [0.1, 0.15) is 12.5 Å². The van der Waals surface area contributed by atoms with E-state index < -0.39 is 11.0 Å². The molecule has 0 spiro atoms. The minimum absolute atomic E-state index is 0.00622. The van der Waals surface area contributed by atoms with E-state index in [9.17, 15) is 14.9 Å². The molecule has 0 saturated heterocycles. The highest BCUT2D eigenvalue weighted by Gasteiger charge is 2.02. The number of carbonyl (C=O) groups excluding carboxylic acids is 1. The average Bonchev–Trinajstić information content (AvgIpc) is 2.27. The molecule has 6 nitrogen and oxygen atoms in total. The molecule has 16 heavy (non-hydrogen) atoms. The van der Waals surface area contributed by atoms with Crippen LogP contribution in [-0.2, 0) is 4.74 Å². The predicted octanol–water partition coefficient (Wildman–Crippen LogP) is 2.17. The average molecular weight is 222 g/mol. The largest absolute Gasteiger partial charge is 0.448 e. The van der Waals surface area contributed by atoms with Crippen molar-refractivity contribution in [2.24, 2.45) is 4.99 Å². The number of benzene rings is 1. The summed E-state index contributed by atoms with van der Waals surface area (Å²) in [7, 11) is 0. The second-order valence-corrected chi connectivity index (χ2v) is 2.81. The van der Waals surface area contributed by atoms with Crippen molar-refractivity contribution >= 4 is 18.0 Å². The lowest BCUT2D eigenvalue weighted by Crippen LogP contribution is -1.98. The van der Waals surface area contributed by atoms with E-state index >= 15 is 0 Å². The molecule has 0 bridgehead atoms. The lowest BCUT2D eigenvalue weighted by Gasteiger charge is -1.94. The van der Waals surface area contributed by atoms with Crippen molar-refractivity contribution in [1.29, 1.82) is 0 Å². The first kappa shape index (κ1) is 11.8. The topological polar surface area (TPSA) is 81.8 Å². The number of nitro benzene ring substituents is 1. The van der Waals surface area contributed by atoms with Crippen molar-refractivity contribution in [3.63, 3.8) is 0 Å². The maximum Gasteiger partial charge on any atom is 0.433 e. The molecule has 6 heteroatoms. The van der Waals surface area contributed by atoms with E-state index in [-0.39, 0.29) is 12.3 Å². The van der Waals surface area contributed by atoms with Gasteiger partial charge in [0.05, 0.1) is 11.5 Å². The highest BCUT2D eigenvalue weighted by atomic mass is 16.6. The number of hydrogen-bond acceptors (Lipinski definition) is 4. The van der Waals surface area contributed by atoms with Gasteiger partial charge in [0.15, 0.2) is 0 Å². The van der Waals surface area contributed by atoms with Gasteiger partial charge in [-0.15, -0.1) is 0 Å². The molecular formula is C10H10N2O4. The van der Waals surface area contributed by atoms with Crippen LogP contribution in [-0.4, -0.2) is 23.8 Å². The molecule has 0 saturated carbocycles. The highest BCUT2D eigenvalue weighted by molar-refractivity contribution is 5.88. The van der Waals surface area contributed by atoms with Crippen LogP contribution in [0.4, 0.5) is 10.5 Å². The van der Waals surface area contributed by atoms with Gasteiger partial charge in [0, 0.05) is 18.3 Å². The summed E-state index contributed by atoms with van der Waals surface area (Å²) in [6.45, 7) is 1.94. The van der Waals surface area contributed by atoms with Gasteiger partial charge in [0.1, 0.15) is 0 Å². The van der Waals surface area contributed by atoms with Crippen molar-refractivity contribution in [2.45, 2.75) is 6.92 Å². The van der Waals surface area contributed by atoms with Gasteiger partial charge in [-0.05, 0) is 24.6 Å². The third-order valence-corrected chi connectivity index (χ3v) is 1.69. The molecule has 0 aromatic heterocycles. The van der Waals surface area contributed by atoms with Crippen LogP contribution in [0.2, 0.25) is 0 Å². The van der Waals surface area contributed by atoms with Gasteiger partial charge < -0.3 is 4.74 Å². The van der Waals surface area contributed by atoms with Crippen molar-refractivity contribution in [3.05, 3.63) is 39.9 Å². The minimum atomic E-state index is -0.680. The number of nitro groups is 1. The molecule has 0 atom stereocenters. The van der Waals surface area contributed by atoms with Crippen LogP contribution in [0.5, 0.6) is 0 Å². The summed E-state index contributed by atoms with van der Waals surface area (Å²) in [5.74, 6) is 0. The molecule has 0 aliphatic heterocycles. The molecule has 1 amide bonds. The van der Waals surface area contributed by atoms with Gasteiger partial charge in [-0.1, -0.05) is 0 Å². The van der Waals surface area contributed by atoms with Crippen molar-refractivity contribution in [2.75, 3.05) is 6.61 Å². The van der Waals surface area contributed by atoms with Crippen molar-refractivity contribution in [3.8, 4) is 0 Å². The monoisotopic (exact) mass is 222 g/mol. The number of rotatable bonds is 3. The molecule has 1 aromatic rings. The van der Waals surface area contributed by atoms with E-state index in [1.165, 1.54) is 30.5 Å². The van der Waals surface area contributed by atoms with Crippen LogP contribution in [0, 0.1) is 10.1 Å². The summed E-state index contributed by atoms with van der Waals surface area (Å²) in [6.07, 6.45) is 0.614. The maximum atomic E-state index is 10.9. The molecule has 0 N–H and O–H groups in total. The van der Waals surface area contributed by atoms with Gasteiger partial charge in [-0.2, -0.15) is 4.99 Å². The Hall–Kier alpha value is -2.24. The van der Waals surface area contributed by atoms with E-state index in [0.29, 0.717) is 5.56 Å². The standard InChI is InChI=1S/C10H10N2O4/c1-2-16-10(13)11-7-8-3-5-9(6-4-8)12(14)15/h3-7H,2H2,1H3. The number of nitrogens with zero attached hydrogens (tertiary/aromatic N) is 2. The van der Waals surface area contributed by atoms with Crippen LogP contribution < -0.4 is 0 Å². The molecule has 1 aromatic carbocycles. The molecule has 0 unspecified atom stereocenters. The third kappa shape index (κ3) is 3.49. The Morgan fingerprint density at radius 2 is 2.12 bits per heavy atom. The van der Waals surface area contributed by atoms with Crippen molar-refractivity contribution < 1.29 is 14.5 Å².